The summed E-state index contributed by atoms with van der Waals surface area (Å²) in [4.78, 5) is 10.9. The summed E-state index contributed by atoms with van der Waals surface area (Å²) in [6.07, 6.45) is 1.24. The number of nitrogens with zero attached hydrogens (tertiary/aromatic N) is 1. The molecule has 1 heterocycles. The lowest BCUT2D eigenvalue weighted by Gasteiger charge is -2.23. The summed E-state index contributed by atoms with van der Waals surface area (Å²) < 4.78 is 54.1. The molecule has 1 N–H and O–H groups in total. The summed E-state index contributed by atoms with van der Waals surface area (Å²) >= 11 is 0.945. The molecule has 7 nitrogen and oxygen atoms in total. The minimum atomic E-state index is -4.41. The molecule has 0 aliphatic carbocycles. The van der Waals surface area contributed by atoms with E-state index in [0.717, 1.165) is 22.5 Å². The number of aromatic carboxylic acids is 1. The van der Waals surface area contributed by atoms with Crippen LogP contribution in [-0.2, 0) is 32.9 Å². The summed E-state index contributed by atoms with van der Waals surface area (Å²) in [5.74, 6) is -0.986. The van der Waals surface area contributed by atoms with Crippen molar-refractivity contribution in [3.05, 3.63) is 113 Å². The molecule has 4 aromatic rings. The molecule has 0 unspecified atom stereocenters. The maximum atomic E-state index is 13.5. The first-order chi connectivity index (χ1) is 16.7. The van der Waals surface area contributed by atoms with Gasteiger partial charge in [0, 0.05) is 0 Å². The minimum absolute atomic E-state index is 0.0109. The zero-order valence-corrected chi connectivity index (χ0v) is 20.8. The van der Waals surface area contributed by atoms with Crippen molar-refractivity contribution >= 4 is 43.0 Å². The molecule has 0 aliphatic rings. The van der Waals surface area contributed by atoms with E-state index in [2.05, 4.69) is 0 Å². The summed E-state index contributed by atoms with van der Waals surface area (Å²) in [5.41, 5.74) is 2.05. The summed E-state index contributed by atoms with van der Waals surface area (Å²) in [6.45, 7) is 0. The topological polar surface area (TPSA) is 109 Å². The Morgan fingerprint density at radius 2 is 1.29 bits per heavy atom. The van der Waals surface area contributed by atoms with Crippen molar-refractivity contribution in [2.45, 2.75) is 21.9 Å². The van der Waals surface area contributed by atoms with Crippen molar-refractivity contribution in [3.8, 4) is 0 Å². The van der Waals surface area contributed by atoms with Gasteiger partial charge in [-0.2, -0.15) is 12.1 Å². The third-order valence-corrected chi connectivity index (χ3v) is 10.8. The van der Waals surface area contributed by atoms with Gasteiger partial charge in [0.25, 0.3) is 20.0 Å². The highest BCUT2D eigenvalue weighted by molar-refractivity contribution is 8.11. The highest BCUT2D eigenvalue weighted by Gasteiger charge is 2.37. The van der Waals surface area contributed by atoms with Gasteiger partial charge in [-0.15, -0.1) is 11.3 Å². The van der Waals surface area contributed by atoms with E-state index >= 15 is 0 Å². The van der Waals surface area contributed by atoms with Crippen molar-refractivity contribution in [1.82, 2.24) is 0 Å². The number of carboxylic acids is 1. The van der Waals surface area contributed by atoms with Crippen molar-refractivity contribution in [1.29, 1.82) is 0 Å². The zero-order chi connectivity index (χ0) is 25.1. The first-order valence-electron chi connectivity index (χ1n) is 10.5. The van der Waals surface area contributed by atoms with Crippen LogP contribution in [0, 0.1) is 0 Å². The molecule has 0 bridgehead atoms. The van der Waals surface area contributed by atoms with E-state index in [1.54, 1.807) is 53.9 Å². The van der Waals surface area contributed by atoms with E-state index in [9.17, 15) is 21.6 Å². The lowest BCUT2D eigenvalue weighted by atomic mass is 10.0. The van der Waals surface area contributed by atoms with E-state index in [1.165, 1.54) is 42.5 Å². The van der Waals surface area contributed by atoms with E-state index < -0.39 is 26.0 Å². The number of benzene rings is 3. The molecule has 10 heteroatoms. The van der Waals surface area contributed by atoms with Gasteiger partial charge < -0.3 is 5.11 Å². The Bertz CT molecular complexity index is 1510. The van der Waals surface area contributed by atoms with Gasteiger partial charge in [-0.05, 0) is 71.8 Å². The average Bonchev–Trinajstić information content (AvgIpc) is 3.40. The van der Waals surface area contributed by atoms with Crippen LogP contribution in [0.5, 0.6) is 0 Å². The number of sulfonamides is 2. The van der Waals surface area contributed by atoms with E-state index in [4.69, 9.17) is 5.11 Å². The van der Waals surface area contributed by atoms with Gasteiger partial charge in [0.1, 0.15) is 4.21 Å². The highest BCUT2D eigenvalue weighted by atomic mass is 32.3. The number of anilines is 1. The third-order valence-electron chi connectivity index (χ3n) is 5.28. The average molecular weight is 528 g/mol. The molecule has 4 rings (SSSR count). The zero-order valence-electron chi connectivity index (χ0n) is 18.3. The summed E-state index contributed by atoms with van der Waals surface area (Å²) in [7, 11) is -8.79. The van der Waals surface area contributed by atoms with Crippen molar-refractivity contribution < 1.29 is 26.7 Å². The van der Waals surface area contributed by atoms with E-state index in [1.807, 2.05) is 0 Å². The van der Waals surface area contributed by atoms with Crippen LogP contribution in [0.15, 0.2) is 105 Å². The van der Waals surface area contributed by atoms with Gasteiger partial charge in [0.05, 0.1) is 16.1 Å². The number of hydrogen-bond acceptors (Lipinski definition) is 6. The Morgan fingerprint density at radius 1 is 0.714 bits per heavy atom. The molecule has 0 amide bonds. The monoisotopic (exact) mass is 527 g/mol. The lowest BCUT2D eigenvalue weighted by Crippen LogP contribution is -2.36. The maximum absolute atomic E-state index is 13.5. The minimum Gasteiger partial charge on any atom is -0.478 e. The van der Waals surface area contributed by atoms with Crippen LogP contribution < -0.4 is 3.71 Å². The molecule has 35 heavy (non-hydrogen) atoms. The summed E-state index contributed by atoms with van der Waals surface area (Å²) in [6, 6.07) is 23.3. The van der Waals surface area contributed by atoms with E-state index in [-0.39, 0.29) is 20.4 Å². The third kappa shape index (κ3) is 5.29. The Hall–Kier alpha value is -3.47. The lowest BCUT2D eigenvalue weighted by molar-refractivity contribution is 0.0697. The van der Waals surface area contributed by atoms with Gasteiger partial charge >= 0.3 is 5.97 Å². The molecule has 0 saturated carbocycles. The van der Waals surface area contributed by atoms with Crippen LogP contribution in [-0.4, -0.2) is 27.9 Å². The van der Waals surface area contributed by atoms with Gasteiger partial charge in [-0.1, -0.05) is 48.5 Å². The van der Waals surface area contributed by atoms with Gasteiger partial charge in [0.15, 0.2) is 0 Å². The second-order valence-corrected chi connectivity index (χ2v) is 12.6. The fraction of sp³-hybridized carbons (Fsp3) is 0.0800. The molecule has 0 fully saturated rings. The van der Waals surface area contributed by atoms with Gasteiger partial charge in [-0.3, -0.25) is 0 Å². The van der Waals surface area contributed by atoms with Crippen molar-refractivity contribution in [3.63, 3.8) is 0 Å². The quantitative estimate of drug-likeness (QED) is 0.334. The van der Waals surface area contributed by atoms with Crippen LogP contribution in [0.4, 0.5) is 5.69 Å². The second-order valence-electron chi connectivity index (χ2n) is 7.62. The molecule has 3 aromatic carbocycles. The molecule has 0 saturated heterocycles. The number of aryl methyl sites for hydroxylation is 2. The summed E-state index contributed by atoms with van der Waals surface area (Å²) in [5, 5.41) is 10.6. The first kappa shape index (κ1) is 24.6. The van der Waals surface area contributed by atoms with Crippen LogP contribution in [0.2, 0.25) is 0 Å². The van der Waals surface area contributed by atoms with Crippen LogP contribution >= 0.6 is 11.3 Å². The molecular formula is C25H21NO6S3. The largest absolute Gasteiger partial charge is 0.478 e. The number of carbonyl (C=O) groups is 1. The predicted molar refractivity (Wildman–Crippen MR) is 135 cm³/mol. The number of thiophene rings is 1. The number of hydrogen-bond donors (Lipinski definition) is 1. The first-order valence-corrected chi connectivity index (χ1v) is 14.3. The molecule has 0 atom stereocenters. The second kappa shape index (κ2) is 10.0. The molecule has 1 aromatic heterocycles. The Labute approximate surface area is 208 Å². The van der Waals surface area contributed by atoms with Gasteiger partial charge in [0.2, 0.25) is 0 Å². The Kier molecular flexibility index (Phi) is 7.06. The standard InChI is InChI=1S/C25H21NO6S3/c27-25(28)21-14-10-19(11-15-21)8-9-20-12-16-22(17-13-20)26(35(31,32)24-7-4-18-33-24)34(29,30)23-5-2-1-3-6-23/h1-7,10-18H,8-9H2,(H,27,28). The molecule has 180 valence electrons. The highest BCUT2D eigenvalue weighted by Crippen LogP contribution is 2.32. The van der Waals surface area contributed by atoms with Crippen LogP contribution in [0.3, 0.4) is 0 Å². The van der Waals surface area contributed by atoms with Crippen LogP contribution in [0.25, 0.3) is 0 Å². The molecule has 0 spiro atoms. The van der Waals surface area contributed by atoms with Crippen molar-refractivity contribution in [2.24, 2.45) is 0 Å². The number of rotatable bonds is 9. The Morgan fingerprint density at radius 3 is 1.80 bits per heavy atom. The molecule has 0 radical (unpaired) electrons. The SMILES string of the molecule is O=C(O)c1ccc(CCc2ccc(N(S(=O)(=O)c3ccccc3)S(=O)(=O)c3cccs3)cc2)cc1. The van der Waals surface area contributed by atoms with Gasteiger partial charge in [-0.25, -0.2) is 13.2 Å². The fourth-order valence-corrected chi connectivity index (χ4v) is 8.38. The van der Waals surface area contributed by atoms with Crippen LogP contribution in [0.1, 0.15) is 21.5 Å². The Balaban J connectivity index is 1.64. The maximum Gasteiger partial charge on any atom is 0.335 e. The fourth-order valence-electron chi connectivity index (χ4n) is 3.47. The predicted octanol–water partition coefficient (Wildman–Crippen LogP) is 4.82. The smallest absolute Gasteiger partial charge is 0.335 e. The molecule has 0 aliphatic heterocycles. The number of carboxylic acid groups (broad SMARTS) is 1. The normalized spacial score (nSPS) is 11.8. The van der Waals surface area contributed by atoms with E-state index in [0.29, 0.717) is 16.6 Å². The molecular weight excluding hydrogens is 506 g/mol. The van der Waals surface area contributed by atoms with Crippen molar-refractivity contribution in [2.75, 3.05) is 3.71 Å².